The summed E-state index contributed by atoms with van der Waals surface area (Å²) in [6.07, 6.45) is 0.196. The van der Waals surface area contributed by atoms with E-state index in [1.54, 1.807) is 12.1 Å². The van der Waals surface area contributed by atoms with E-state index in [0.717, 1.165) is 5.56 Å². The van der Waals surface area contributed by atoms with E-state index in [1.165, 1.54) is 12.1 Å². The maximum absolute atomic E-state index is 12.4. The lowest BCUT2D eigenvalue weighted by atomic mass is 10.1. The molecule has 0 aromatic heterocycles. The van der Waals surface area contributed by atoms with E-state index in [4.69, 9.17) is 0 Å². The topological polar surface area (TPSA) is 20.2 Å². The largest absolute Gasteiger partial charge is 0.388 e. The molecule has 1 rings (SSSR count). The summed E-state index contributed by atoms with van der Waals surface area (Å²) in [5, 5.41) is 9.30. The number of hydrogen-bond donors (Lipinski definition) is 1. The van der Waals surface area contributed by atoms with Gasteiger partial charge in [-0.15, -0.1) is 0 Å². The van der Waals surface area contributed by atoms with Crippen molar-refractivity contribution in [2.75, 3.05) is 0 Å². The summed E-state index contributed by atoms with van der Waals surface area (Å²) in [6.45, 7) is 1.88. The fraction of sp³-hybridized carbons (Fsp3) is 0.333. The minimum Gasteiger partial charge on any atom is -0.388 e. The van der Waals surface area contributed by atoms with Crippen LogP contribution in [0.3, 0.4) is 0 Å². The van der Waals surface area contributed by atoms with Gasteiger partial charge in [-0.2, -0.15) is 0 Å². The van der Waals surface area contributed by atoms with Crippen molar-refractivity contribution in [2.45, 2.75) is 19.4 Å². The summed E-state index contributed by atoms with van der Waals surface area (Å²) in [6, 6.07) is 5.91. The SMILES string of the molecule is CC[C@@H](O)c1ccc(F)cc1. The van der Waals surface area contributed by atoms with Crippen molar-refractivity contribution in [2.24, 2.45) is 0 Å². The minimum absolute atomic E-state index is 0.267. The molecule has 1 aromatic rings. The van der Waals surface area contributed by atoms with Crippen molar-refractivity contribution < 1.29 is 9.50 Å². The highest BCUT2D eigenvalue weighted by molar-refractivity contribution is 5.18. The lowest BCUT2D eigenvalue weighted by Crippen LogP contribution is -1.94. The van der Waals surface area contributed by atoms with E-state index >= 15 is 0 Å². The Labute approximate surface area is 65.5 Å². The van der Waals surface area contributed by atoms with Crippen molar-refractivity contribution in [3.05, 3.63) is 35.6 Å². The first-order valence-corrected chi connectivity index (χ1v) is 3.67. The normalized spacial score (nSPS) is 13.0. The molecule has 1 N–H and O–H groups in total. The van der Waals surface area contributed by atoms with Crippen LogP contribution in [0, 0.1) is 5.82 Å². The van der Waals surface area contributed by atoms with E-state index in [0.29, 0.717) is 6.42 Å². The summed E-state index contributed by atoms with van der Waals surface area (Å²) in [4.78, 5) is 0. The molecule has 0 radical (unpaired) electrons. The summed E-state index contributed by atoms with van der Waals surface area (Å²) in [5.74, 6) is -0.267. The molecule has 0 fully saturated rings. The van der Waals surface area contributed by atoms with E-state index in [9.17, 15) is 9.50 Å². The second-order valence-electron chi connectivity index (χ2n) is 2.48. The van der Waals surface area contributed by atoms with Gasteiger partial charge >= 0.3 is 0 Å². The van der Waals surface area contributed by atoms with Crippen LogP contribution >= 0.6 is 0 Å². The molecule has 0 unspecified atom stereocenters. The number of aliphatic hydroxyl groups is 1. The van der Waals surface area contributed by atoms with Crippen molar-refractivity contribution in [1.82, 2.24) is 0 Å². The lowest BCUT2D eigenvalue weighted by Gasteiger charge is -2.06. The van der Waals surface area contributed by atoms with Crippen LogP contribution in [-0.2, 0) is 0 Å². The van der Waals surface area contributed by atoms with E-state index in [1.807, 2.05) is 6.92 Å². The third-order valence-electron chi connectivity index (χ3n) is 1.64. The molecule has 0 saturated heterocycles. The van der Waals surface area contributed by atoms with Gasteiger partial charge in [0.2, 0.25) is 0 Å². The number of aliphatic hydroxyl groups excluding tert-OH is 1. The Morgan fingerprint density at radius 2 is 1.91 bits per heavy atom. The zero-order chi connectivity index (χ0) is 8.27. The molecule has 0 aliphatic rings. The average Bonchev–Trinajstić information content (AvgIpc) is 2.05. The molecular formula is C9H11FO. The molecule has 60 valence electrons. The Kier molecular flexibility index (Phi) is 2.60. The summed E-state index contributed by atoms with van der Waals surface area (Å²) in [7, 11) is 0. The zero-order valence-corrected chi connectivity index (χ0v) is 6.42. The predicted molar refractivity (Wildman–Crippen MR) is 41.7 cm³/mol. The molecule has 1 aromatic carbocycles. The standard InChI is InChI=1S/C9H11FO/c1-2-9(11)7-3-5-8(10)6-4-7/h3-6,9,11H,2H2,1H3/t9-/m1/s1. The maximum Gasteiger partial charge on any atom is 0.123 e. The highest BCUT2D eigenvalue weighted by atomic mass is 19.1. The van der Waals surface area contributed by atoms with E-state index in [-0.39, 0.29) is 5.82 Å². The van der Waals surface area contributed by atoms with Crippen molar-refractivity contribution in [1.29, 1.82) is 0 Å². The highest BCUT2D eigenvalue weighted by Gasteiger charge is 2.02. The van der Waals surface area contributed by atoms with Crippen LogP contribution in [0.5, 0.6) is 0 Å². The van der Waals surface area contributed by atoms with Gasteiger partial charge in [0, 0.05) is 0 Å². The van der Waals surface area contributed by atoms with Crippen LogP contribution in [0.25, 0.3) is 0 Å². The molecule has 0 aliphatic carbocycles. The number of hydrogen-bond acceptors (Lipinski definition) is 1. The van der Waals surface area contributed by atoms with Crippen LogP contribution in [0.4, 0.5) is 4.39 Å². The van der Waals surface area contributed by atoms with Crippen molar-refractivity contribution >= 4 is 0 Å². The molecular weight excluding hydrogens is 143 g/mol. The van der Waals surface area contributed by atoms with Gasteiger partial charge in [-0.1, -0.05) is 19.1 Å². The molecule has 11 heavy (non-hydrogen) atoms. The van der Waals surface area contributed by atoms with Crippen molar-refractivity contribution in [3.8, 4) is 0 Å². The van der Waals surface area contributed by atoms with Gasteiger partial charge in [0.1, 0.15) is 5.82 Å². The average molecular weight is 154 g/mol. The van der Waals surface area contributed by atoms with E-state index < -0.39 is 6.10 Å². The van der Waals surface area contributed by atoms with Gasteiger partial charge in [-0.25, -0.2) is 4.39 Å². The Morgan fingerprint density at radius 3 is 2.36 bits per heavy atom. The zero-order valence-electron chi connectivity index (χ0n) is 6.42. The molecule has 1 atom stereocenters. The third-order valence-corrected chi connectivity index (χ3v) is 1.64. The summed E-state index contributed by atoms with van der Waals surface area (Å²) in [5.41, 5.74) is 0.772. The predicted octanol–water partition coefficient (Wildman–Crippen LogP) is 2.27. The second-order valence-corrected chi connectivity index (χ2v) is 2.48. The number of benzene rings is 1. The number of rotatable bonds is 2. The van der Waals surface area contributed by atoms with E-state index in [2.05, 4.69) is 0 Å². The van der Waals surface area contributed by atoms with Crippen LogP contribution in [0.15, 0.2) is 24.3 Å². The Balaban J connectivity index is 2.81. The van der Waals surface area contributed by atoms with Crippen LogP contribution in [-0.4, -0.2) is 5.11 Å². The summed E-state index contributed by atoms with van der Waals surface area (Å²) >= 11 is 0. The molecule has 0 heterocycles. The van der Waals surface area contributed by atoms with Crippen LogP contribution < -0.4 is 0 Å². The van der Waals surface area contributed by atoms with Crippen LogP contribution in [0.1, 0.15) is 25.0 Å². The first-order chi connectivity index (χ1) is 5.24. The van der Waals surface area contributed by atoms with Gasteiger partial charge in [0.25, 0.3) is 0 Å². The minimum atomic E-state index is -0.462. The maximum atomic E-state index is 12.4. The van der Waals surface area contributed by atoms with Gasteiger partial charge in [-0.05, 0) is 24.1 Å². The molecule has 2 heteroatoms. The lowest BCUT2D eigenvalue weighted by molar-refractivity contribution is 0.173. The monoisotopic (exact) mass is 154 g/mol. The molecule has 0 amide bonds. The smallest absolute Gasteiger partial charge is 0.123 e. The van der Waals surface area contributed by atoms with Gasteiger partial charge < -0.3 is 5.11 Å². The van der Waals surface area contributed by atoms with Gasteiger partial charge in [0.15, 0.2) is 0 Å². The highest BCUT2D eigenvalue weighted by Crippen LogP contribution is 2.15. The first-order valence-electron chi connectivity index (χ1n) is 3.67. The fourth-order valence-corrected chi connectivity index (χ4v) is 0.921. The van der Waals surface area contributed by atoms with Gasteiger partial charge in [0.05, 0.1) is 6.10 Å². The number of halogens is 1. The first kappa shape index (κ1) is 8.21. The molecule has 0 bridgehead atoms. The Bertz CT molecular complexity index is 218. The third kappa shape index (κ3) is 2.02. The fourth-order valence-electron chi connectivity index (χ4n) is 0.921. The molecule has 0 saturated carbocycles. The quantitative estimate of drug-likeness (QED) is 0.692. The van der Waals surface area contributed by atoms with Crippen LogP contribution in [0.2, 0.25) is 0 Å². The molecule has 0 aliphatic heterocycles. The summed E-state index contributed by atoms with van der Waals surface area (Å²) < 4.78 is 12.4. The second kappa shape index (κ2) is 3.49. The van der Waals surface area contributed by atoms with Crippen molar-refractivity contribution in [3.63, 3.8) is 0 Å². The molecule has 0 spiro atoms. The Morgan fingerprint density at radius 1 is 1.36 bits per heavy atom. The molecule has 1 nitrogen and oxygen atoms in total. The Hall–Kier alpha value is -0.890. The van der Waals surface area contributed by atoms with Gasteiger partial charge in [-0.3, -0.25) is 0 Å².